The van der Waals surface area contributed by atoms with E-state index in [9.17, 15) is 18.0 Å². The van der Waals surface area contributed by atoms with Gasteiger partial charge in [-0.3, -0.25) is 0 Å². The third-order valence-electron chi connectivity index (χ3n) is 2.51. The van der Waals surface area contributed by atoms with Gasteiger partial charge in [-0.25, -0.2) is 4.79 Å². The number of aromatic carboxylic acids is 1. The quantitative estimate of drug-likeness (QED) is 0.745. The summed E-state index contributed by atoms with van der Waals surface area (Å²) in [6, 6.07) is 2.19. The van der Waals surface area contributed by atoms with E-state index in [-0.39, 0.29) is 18.9 Å². The van der Waals surface area contributed by atoms with Gasteiger partial charge in [-0.05, 0) is 18.2 Å². The summed E-state index contributed by atoms with van der Waals surface area (Å²) in [6.07, 6.45) is -4.78. The summed E-state index contributed by atoms with van der Waals surface area (Å²) in [5.74, 6) is -1.65. The molecule has 0 amide bonds. The van der Waals surface area contributed by atoms with Crippen molar-refractivity contribution in [3.8, 4) is 0 Å². The molecule has 1 rings (SSSR count). The number of carbonyl (C=O) groups is 1. The highest BCUT2D eigenvalue weighted by Crippen LogP contribution is 2.34. The number of hydrogen-bond donors (Lipinski definition) is 3. The van der Waals surface area contributed by atoms with Gasteiger partial charge in [0.15, 0.2) is 0 Å². The number of carboxylic acid groups (broad SMARTS) is 1. The Morgan fingerprint density at radius 3 is 2.55 bits per heavy atom. The molecule has 0 bridgehead atoms. The molecule has 1 unspecified atom stereocenters. The van der Waals surface area contributed by atoms with Crippen LogP contribution in [0.5, 0.6) is 0 Å². The van der Waals surface area contributed by atoms with Crippen LogP contribution < -0.4 is 5.32 Å². The smallest absolute Gasteiger partial charge is 0.417 e. The average Bonchev–Trinajstić information content (AvgIpc) is 2.36. The average molecular weight is 293 g/mol. The molecule has 0 aliphatic rings. The summed E-state index contributed by atoms with van der Waals surface area (Å²) in [5, 5.41) is 20.4. The minimum Gasteiger partial charge on any atom is -0.478 e. The molecule has 8 heteroatoms. The third-order valence-corrected chi connectivity index (χ3v) is 2.51. The molecular weight excluding hydrogens is 279 g/mol. The first-order valence-corrected chi connectivity index (χ1v) is 5.60. The minimum absolute atomic E-state index is 0.0541. The van der Waals surface area contributed by atoms with Crippen molar-refractivity contribution in [2.24, 2.45) is 0 Å². The maximum Gasteiger partial charge on any atom is 0.417 e. The number of hydrogen-bond acceptors (Lipinski definition) is 4. The first-order valence-electron chi connectivity index (χ1n) is 5.60. The first-order chi connectivity index (χ1) is 9.29. The summed E-state index contributed by atoms with van der Waals surface area (Å²) in [6.45, 7) is -0.242. The van der Waals surface area contributed by atoms with Crippen LogP contribution in [0.3, 0.4) is 0 Å². The van der Waals surface area contributed by atoms with E-state index in [2.05, 4.69) is 5.32 Å². The molecule has 0 aromatic heterocycles. The molecule has 0 aliphatic carbocycles. The zero-order chi connectivity index (χ0) is 15.3. The lowest BCUT2D eigenvalue weighted by Gasteiger charge is -2.18. The molecule has 0 radical (unpaired) electrons. The highest BCUT2D eigenvalue weighted by atomic mass is 19.4. The van der Waals surface area contributed by atoms with Crippen molar-refractivity contribution < 1.29 is 32.9 Å². The van der Waals surface area contributed by atoms with Crippen LogP contribution >= 0.6 is 0 Å². The lowest BCUT2D eigenvalue weighted by Crippen LogP contribution is -2.29. The summed E-state index contributed by atoms with van der Waals surface area (Å²) < 4.78 is 43.2. The van der Waals surface area contributed by atoms with Gasteiger partial charge in [0.2, 0.25) is 0 Å². The molecule has 0 saturated heterocycles. The van der Waals surface area contributed by atoms with Crippen LogP contribution in [0.2, 0.25) is 0 Å². The fourth-order valence-electron chi connectivity index (χ4n) is 1.63. The lowest BCUT2D eigenvalue weighted by atomic mass is 10.1. The van der Waals surface area contributed by atoms with Crippen LogP contribution in [0.1, 0.15) is 15.9 Å². The number of aliphatic hydroxyl groups is 1. The van der Waals surface area contributed by atoms with Crippen molar-refractivity contribution >= 4 is 11.7 Å². The van der Waals surface area contributed by atoms with Crippen LogP contribution in [0.25, 0.3) is 0 Å². The zero-order valence-electron chi connectivity index (χ0n) is 10.6. The third kappa shape index (κ3) is 4.10. The number of carboxylic acids is 1. The number of benzene rings is 1. The van der Waals surface area contributed by atoms with E-state index in [1.54, 1.807) is 0 Å². The van der Waals surface area contributed by atoms with E-state index in [0.29, 0.717) is 6.07 Å². The van der Waals surface area contributed by atoms with Crippen LogP contribution in [-0.2, 0) is 10.9 Å². The Labute approximate surface area is 113 Å². The molecule has 1 aromatic rings. The van der Waals surface area contributed by atoms with E-state index in [4.69, 9.17) is 14.9 Å². The molecule has 3 N–H and O–H groups in total. The van der Waals surface area contributed by atoms with E-state index in [1.165, 1.54) is 13.2 Å². The maximum absolute atomic E-state index is 12.8. The van der Waals surface area contributed by atoms with Crippen molar-refractivity contribution in [2.45, 2.75) is 12.2 Å². The van der Waals surface area contributed by atoms with Crippen LogP contribution in [-0.4, -0.2) is 42.5 Å². The maximum atomic E-state index is 12.8. The predicted molar refractivity (Wildman–Crippen MR) is 64.8 cm³/mol. The van der Waals surface area contributed by atoms with Gasteiger partial charge in [0.25, 0.3) is 0 Å². The molecule has 1 atom stereocenters. The van der Waals surface area contributed by atoms with Gasteiger partial charge in [-0.15, -0.1) is 0 Å². The Bertz CT molecular complexity index is 476. The van der Waals surface area contributed by atoms with Gasteiger partial charge < -0.3 is 20.3 Å². The van der Waals surface area contributed by atoms with Gasteiger partial charge >= 0.3 is 12.1 Å². The van der Waals surface area contributed by atoms with Gasteiger partial charge in [0, 0.05) is 12.8 Å². The Morgan fingerprint density at radius 2 is 2.10 bits per heavy atom. The molecule has 0 saturated carbocycles. The molecule has 0 aliphatic heterocycles. The van der Waals surface area contributed by atoms with Crippen molar-refractivity contribution in [3.05, 3.63) is 29.3 Å². The summed E-state index contributed by atoms with van der Waals surface area (Å²) in [5.41, 5.74) is -2.02. The van der Waals surface area contributed by atoms with E-state index in [1.807, 2.05) is 0 Å². The number of aliphatic hydroxyl groups excluding tert-OH is 1. The Hall–Kier alpha value is -1.80. The second kappa shape index (κ2) is 6.58. The molecule has 1 aromatic carbocycles. The topological polar surface area (TPSA) is 78.8 Å². The number of nitrogens with one attached hydrogen (secondary N) is 1. The minimum atomic E-state index is -4.78. The molecule has 112 valence electrons. The molecule has 5 nitrogen and oxygen atoms in total. The number of anilines is 1. The first kappa shape index (κ1) is 16.3. The Balaban J connectivity index is 3.10. The monoisotopic (exact) mass is 293 g/mol. The highest BCUT2D eigenvalue weighted by molar-refractivity contribution is 5.90. The number of methoxy groups -OCH3 is 1. The summed E-state index contributed by atoms with van der Waals surface area (Å²) in [7, 11) is 1.39. The SMILES string of the molecule is COCC(CO)Nc1ccc(C(=O)O)c(C(F)(F)F)c1. The van der Waals surface area contributed by atoms with Crippen LogP contribution in [0.4, 0.5) is 18.9 Å². The van der Waals surface area contributed by atoms with E-state index >= 15 is 0 Å². The normalized spacial score (nSPS) is 13.1. The van der Waals surface area contributed by atoms with Gasteiger partial charge in [-0.2, -0.15) is 13.2 Å². The van der Waals surface area contributed by atoms with Crippen LogP contribution in [0.15, 0.2) is 18.2 Å². The van der Waals surface area contributed by atoms with Crippen molar-refractivity contribution in [2.75, 3.05) is 25.6 Å². The molecular formula is C12H14F3NO4. The second-order valence-corrected chi connectivity index (χ2v) is 4.04. The summed E-state index contributed by atoms with van der Waals surface area (Å²) in [4.78, 5) is 10.8. The van der Waals surface area contributed by atoms with Crippen molar-refractivity contribution in [1.29, 1.82) is 0 Å². The fraction of sp³-hybridized carbons (Fsp3) is 0.417. The summed E-state index contributed by atoms with van der Waals surface area (Å²) >= 11 is 0. The predicted octanol–water partition coefficient (Wildman–Crippen LogP) is 1.82. The van der Waals surface area contributed by atoms with Gasteiger partial charge in [0.1, 0.15) is 0 Å². The Kier molecular flexibility index (Phi) is 5.34. The largest absolute Gasteiger partial charge is 0.478 e. The second-order valence-electron chi connectivity index (χ2n) is 4.04. The number of rotatable bonds is 6. The molecule has 0 spiro atoms. The Morgan fingerprint density at radius 1 is 1.45 bits per heavy atom. The fourth-order valence-corrected chi connectivity index (χ4v) is 1.63. The number of alkyl halides is 3. The number of halogens is 3. The van der Waals surface area contributed by atoms with Crippen LogP contribution in [0, 0.1) is 0 Å². The standard InChI is InChI=1S/C12H14F3NO4/c1-20-6-8(5-17)16-7-2-3-9(11(18)19)10(4-7)12(13,14)15/h2-4,8,16-17H,5-6H2,1H3,(H,18,19). The van der Waals surface area contributed by atoms with E-state index in [0.717, 1.165) is 6.07 Å². The zero-order valence-corrected chi connectivity index (χ0v) is 10.6. The van der Waals surface area contributed by atoms with Gasteiger partial charge in [-0.1, -0.05) is 0 Å². The van der Waals surface area contributed by atoms with Gasteiger partial charge in [0.05, 0.1) is 30.4 Å². The van der Waals surface area contributed by atoms with E-state index < -0.39 is 29.3 Å². The molecule has 0 heterocycles. The lowest BCUT2D eigenvalue weighted by molar-refractivity contribution is -0.138. The van der Waals surface area contributed by atoms with Crippen molar-refractivity contribution in [1.82, 2.24) is 0 Å². The molecule has 20 heavy (non-hydrogen) atoms. The highest BCUT2D eigenvalue weighted by Gasteiger charge is 2.35. The molecule has 0 fully saturated rings. The number of ether oxygens (including phenoxy) is 1. The van der Waals surface area contributed by atoms with Crippen molar-refractivity contribution in [3.63, 3.8) is 0 Å².